The van der Waals surface area contributed by atoms with Crippen LogP contribution in [-0.4, -0.2) is 18.6 Å². The van der Waals surface area contributed by atoms with Crippen molar-refractivity contribution in [2.45, 2.75) is 6.42 Å². The summed E-state index contributed by atoms with van der Waals surface area (Å²) >= 11 is 0. The number of rotatable bonds is 1. The van der Waals surface area contributed by atoms with Gasteiger partial charge in [-0.15, -0.1) is 0 Å². The highest BCUT2D eigenvalue weighted by atomic mass is 33.1. The van der Waals surface area contributed by atoms with Crippen molar-refractivity contribution in [1.82, 2.24) is 0 Å². The second-order valence-corrected chi connectivity index (χ2v) is 5.17. The van der Waals surface area contributed by atoms with Crippen molar-refractivity contribution in [2.75, 3.05) is 18.6 Å². The van der Waals surface area contributed by atoms with Gasteiger partial charge in [0.15, 0.2) is 5.75 Å². The van der Waals surface area contributed by atoms with E-state index in [2.05, 4.69) is 0 Å². The van der Waals surface area contributed by atoms with E-state index in [9.17, 15) is 0 Å². The van der Waals surface area contributed by atoms with E-state index in [-0.39, 0.29) is 10.2 Å². The predicted octanol–water partition coefficient (Wildman–Crippen LogP) is 1.22. The van der Waals surface area contributed by atoms with Gasteiger partial charge >= 0.3 is 0 Å². The van der Waals surface area contributed by atoms with Crippen LogP contribution < -0.4 is 0 Å². The fourth-order valence-electron chi connectivity index (χ4n) is 0.519. The van der Waals surface area contributed by atoms with Crippen molar-refractivity contribution in [2.24, 2.45) is 0 Å². The first-order chi connectivity index (χ1) is 3.43. The molecule has 1 atom stereocenters. The Hall–Kier alpha value is 0.660. The van der Waals surface area contributed by atoms with Gasteiger partial charge in [-0.1, -0.05) is 0 Å². The van der Waals surface area contributed by atoms with Crippen LogP contribution in [0.15, 0.2) is 0 Å². The molecule has 0 N–H and O–H groups in total. The first kappa shape index (κ1) is 5.79. The van der Waals surface area contributed by atoms with Gasteiger partial charge < -0.3 is 0 Å². The average Bonchev–Trinajstić information content (AvgIpc) is 2.14. The molecule has 1 nitrogen and oxygen atoms in total. The van der Waals surface area contributed by atoms with Crippen LogP contribution in [0.2, 0.25) is 0 Å². The summed E-state index contributed by atoms with van der Waals surface area (Å²) in [7, 11) is 4.02. The molecule has 1 rings (SSSR count). The van der Waals surface area contributed by atoms with Crippen molar-refractivity contribution in [1.29, 1.82) is 0 Å². The largest absolute Gasteiger partial charge is 0.217 e. The van der Waals surface area contributed by atoms with E-state index in [0.717, 1.165) is 0 Å². The van der Waals surface area contributed by atoms with Gasteiger partial charge in [-0.2, -0.15) is 4.18 Å². The lowest BCUT2D eigenvalue weighted by atomic mass is 10.6. The van der Waals surface area contributed by atoms with E-state index in [0.29, 0.717) is 0 Å². The van der Waals surface area contributed by atoms with E-state index >= 15 is 0 Å². The Balaban J connectivity index is 2.14. The van der Waals surface area contributed by atoms with Crippen molar-refractivity contribution in [3.8, 4) is 0 Å². The zero-order valence-corrected chi connectivity index (χ0v) is 5.98. The summed E-state index contributed by atoms with van der Waals surface area (Å²) in [5, 5.41) is 0. The molecule has 1 aliphatic rings. The molecule has 7 heavy (non-hydrogen) atoms. The Bertz CT molecular complexity index is 51.7. The third-order valence-corrected chi connectivity index (χ3v) is 4.76. The number of hydrogen-bond acceptors (Lipinski definition) is 2. The highest BCUT2D eigenvalue weighted by Crippen LogP contribution is 2.25. The lowest BCUT2D eigenvalue weighted by Crippen LogP contribution is -1.95. The molecule has 1 aliphatic heterocycles. The Morgan fingerprint density at radius 3 is 2.86 bits per heavy atom. The van der Waals surface area contributed by atoms with Gasteiger partial charge in [0.2, 0.25) is 10.2 Å². The molecule has 0 aliphatic carbocycles. The highest BCUT2D eigenvalue weighted by molar-refractivity contribution is 8.72. The van der Waals surface area contributed by atoms with Crippen molar-refractivity contribution < 1.29 is 4.18 Å². The zero-order valence-electron chi connectivity index (χ0n) is 4.35. The fourth-order valence-corrected chi connectivity index (χ4v) is 3.82. The molecule has 42 valence electrons. The molecule has 0 spiro atoms. The van der Waals surface area contributed by atoms with Gasteiger partial charge in [0.1, 0.15) is 10.8 Å². The topological polar surface area (TPSA) is 9.23 Å². The first-order valence-corrected chi connectivity index (χ1v) is 5.14. The van der Waals surface area contributed by atoms with E-state index in [1.54, 1.807) is 7.11 Å². The molecular weight excluding hydrogens is 128 g/mol. The zero-order chi connectivity index (χ0) is 5.11. The van der Waals surface area contributed by atoms with Crippen molar-refractivity contribution >= 4 is 21.0 Å². The molecule has 1 unspecified atom stereocenters. The van der Waals surface area contributed by atoms with E-state index in [1.165, 1.54) is 17.9 Å². The van der Waals surface area contributed by atoms with Gasteiger partial charge in [-0.05, 0) is 0 Å². The number of hydrogen-bond donors (Lipinski definition) is 0. The molecule has 0 saturated carbocycles. The minimum Gasteiger partial charge on any atom is -0.163 e. The predicted molar refractivity (Wildman–Crippen MR) is 36.3 cm³/mol. The summed E-state index contributed by atoms with van der Waals surface area (Å²) < 4.78 is 5.10. The second kappa shape index (κ2) is 2.84. The van der Waals surface area contributed by atoms with Crippen LogP contribution >= 0.6 is 10.8 Å². The lowest BCUT2D eigenvalue weighted by Gasteiger charge is -1.85. The smallest absolute Gasteiger partial charge is 0.163 e. The van der Waals surface area contributed by atoms with E-state index in [4.69, 9.17) is 4.18 Å². The highest BCUT2D eigenvalue weighted by Gasteiger charge is 2.26. The summed E-state index contributed by atoms with van der Waals surface area (Å²) in [6.07, 6.45) is 1.35. The van der Waals surface area contributed by atoms with Gasteiger partial charge in [0.05, 0.1) is 12.9 Å². The summed E-state index contributed by atoms with van der Waals surface area (Å²) in [6, 6.07) is 0. The molecule has 0 bridgehead atoms. The standard InChI is InChI=1S/C4H9OS2/c1-5-7-4-2-3-6-7/h2-4H2,1H3/q+1. The van der Waals surface area contributed by atoms with Gasteiger partial charge in [-0.3, -0.25) is 0 Å². The normalized spacial score (nSPS) is 31.3. The van der Waals surface area contributed by atoms with Crippen LogP contribution in [0.25, 0.3) is 0 Å². The maximum Gasteiger partial charge on any atom is 0.217 e. The molecule has 1 saturated heterocycles. The molecule has 0 aromatic carbocycles. The van der Waals surface area contributed by atoms with Crippen molar-refractivity contribution in [3.05, 3.63) is 0 Å². The van der Waals surface area contributed by atoms with Crippen LogP contribution in [0.4, 0.5) is 0 Å². The van der Waals surface area contributed by atoms with Gasteiger partial charge in [-0.25, -0.2) is 0 Å². The van der Waals surface area contributed by atoms with Crippen LogP contribution in [0.3, 0.4) is 0 Å². The van der Waals surface area contributed by atoms with Crippen LogP contribution in [0.1, 0.15) is 6.42 Å². The quantitative estimate of drug-likeness (QED) is 0.397. The average molecular weight is 137 g/mol. The molecule has 1 fully saturated rings. The maximum atomic E-state index is 5.10. The van der Waals surface area contributed by atoms with Crippen LogP contribution in [0.5, 0.6) is 0 Å². The summed E-state index contributed by atoms with van der Waals surface area (Å²) in [5.74, 6) is 2.58. The third-order valence-electron chi connectivity index (χ3n) is 0.856. The maximum absolute atomic E-state index is 5.10. The van der Waals surface area contributed by atoms with Crippen LogP contribution in [-0.2, 0) is 14.4 Å². The monoisotopic (exact) mass is 137 g/mol. The Morgan fingerprint density at radius 1 is 1.71 bits per heavy atom. The SMILES string of the molecule is CO[S+]1CCCS1. The summed E-state index contributed by atoms with van der Waals surface area (Å²) in [6.45, 7) is 0. The molecule has 0 amide bonds. The minimum atomic E-state index is 0.282. The van der Waals surface area contributed by atoms with E-state index < -0.39 is 0 Å². The van der Waals surface area contributed by atoms with Crippen molar-refractivity contribution in [3.63, 3.8) is 0 Å². The Morgan fingerprint density at radius 2 is 2.57 bits per heavy atom. The van der Waals surface area contributed by atoms with Crippen LogP contribution in [0, 0.1) is 0 Å². The molecule has 1 heterocycles. The first-order valence-electron chi connectivity index (χ1n) is 2.32. The molecular formula is C4H9OS2+. The molecule has 0 radical (unpaired) electrons. The summed E-state index contributed by atoms with van der Waals surface area (Å²) in [5.41, 5.74) is 0. The molecule has 3 heteroatoms. The minimum absolute atomic E-state index is 0.282. The van der Waals surface area contributed by atoms with Gasteiger partial charge in [0, 0.05) is 6.42 Å². The molecule has 0 aromatic heterocycles. The summed E-state index contributed by atoms with van der Waals surface area (Å²) in [4.78, 5) is 0. The Labute approximate surface area is 50.8 Å². The lowest BCUT2D eigenvalue weighted by molar-refractivity contribution is 0.483. The fraction of sp³-hybridized carbons (Fsp3) is 1.00. The molecule has 0 aromatic rings. The second-order valence-electron chi connectivity index (χ2n) is 1.35. The Kier molecular flexibility index (Phi) is 2.35. The van der Waals surface area contributed by atoms with E-state index in [1.807, 2.05) is 10.8 Å². The van der Waals surface area contributed by atoms with Gasteiger partial charge in [0.25, 0.3) is 0 Å². The third kappa shape index (κ3) is 1.55.